The van der Waals surface area contributed by atoms with Gasteiger partial charge in [-0.05, 0) is 32.2 Å². The van der Waals surface area contributed by atoms with E-state index in [1.807, 2.05) is 0 Å². The molecule has 0 aromatic heterocycles. The van der Waals surface area contributed by atoms with Crippen LogP contribution in [0.1, 0.15) is 13.8 Å². The number of nitrogens with zero attached hydrogens (tertiary/aromatic N) is 2. The maximum absolute atomic E-state index is 2.50. The van der Waals surface area contributed by atoms with Crippen LogP contribution in [0.2, 0.25) is 0 Å². The molecule has 1 fully saturated rings. The summed E-state index contributed by atoms with van der Waals surface area (Å²) in [6.07, 6.45) is 4.41. The molecule has 0 bridgehead atoms. The summed E-state index contributed by atoms with van der Waals surface area (Å²) in [5.41, 5.74) is 1.39. The van der Waals surface area contributed by atoms with Crippen molar-refractivity contribution in [3.8, 4) is 0 Å². The zero-order chi connectivity index (χ0) is 12.3. The Bertz CT molecular complexity index is 482. The molecule has 2 rings (SSSR count). The summed E-state index contributed by atoms with van der Waals surface area (Å²) in [4.78, 5) is 4.89. The summed E-state index contributed by atoms with van der Waals surface area (Å²) in [6, 6.07) is 6.60. The van der Waals surface area contributed by atoms with Crippen molar-refractivity contribution in [2.24, 2.45) is 0 Å². The second kappa shape index (κ2) is 5.37. The summed E-state index contributed by atoms with van der Waals surface area (Å²) in [5, 5.41) is 2.71. The third-order valence-electron chi connectivity index (χ3n) is 3.56. The number of anilines is 1. The highest BCUT2D eigenvalue weighted by Gasteiger charge is 2.14. The molecule has 1 heterocycles. The van der Waals surface area contributed by atoms with Crippen molar-refractivity contribution >= 4 is 17.8 Å². The molecule has 0 atom stereocenters. The van der Waals surface area contributed by atoms with E-state index >= 15 is 0 Å². The van der Waals surface area contributed by atoms with Crippen molar-refractivity contribution in [3.63, 3.8) is 0 Å². The highest BCUT2D eigenvalue weighted by molar-refractivity contribution is 5.53. The second-order valence-corrected chi connectivity index (χ2v) is 4.65. The topological polar surface area (TPSA) is 6.48 Å². The average Bonchev–Trinajstić information content (AvgIpc) is 2.38. The maximum atomic E-state index is 2.50. The predicted molar refractivity (Wildman–Crippen MR) is 75.7 cm³/mol. The highest BCUT2D eigenvalue weighted by Crippen LogP contribution is 2.09. The van der Waals surface area contributed by atoms with Gasteiger partial charge in [-0.1, -0.05) is 24.3 Å². The molecule has 0 radical (unpaired) electrons. The smallest absolute Gasteiger partial charge is 0.0443 e. The van der Waals surface area contributed by atoms with Gasteiger partial charge in [-0.25, -0.2) is 0 Å². The number of likely N-dealkylation sites (N-methyl/N-ethyl adjacent to an activating group) is 1. The summed E-state index contributed by atoms with van der Waals surface area (Å²) < 4.78 is 0. The van der Waals surface area contributed by atoms with Crippen LogP contribution in [0.5, 0.6) is 0 Å². The summed E-state index contributed by atoms with van der Waals surface area (Å²) >= 11 is 0. The standard InChI is InChI=1S/C15H22N2/c1-4-13-7-6-8-15(14(13)5-2)17-11-9-16(3)10-12-17/h4-8H,9-12H2,1-3H3/b13-4-,14-5+. The maximum Gasteiger partial charge on any atom is 0.0443 e. The van der Waals surface area contributed by atoms with Crippen LogP contribution in [0.4, 0.5) is 5.69 Å². The molecular formula is C15H22N2. The van der Waals surface area contributed by atoms with Crippen LogP contribution in [0.3, 0.4) is 0 Å². The van der Waals surface area contributed by atoms with Crippen molar-refractivity contribution in [2.75, 3.05) is 38.1 Å². The lowest BCUT2D eigenvalue weighted by molar-refractivity contribution is 0.312. The van der Waals surface area contributed by atoms with Crippen molar-refractivity contribution in [2.45, 2.75) is 13.8 Å². The molecule has 0 spiro atoms. The Morgan fingerprint density at radius 3 is 2.29 bits per heavy atom. The second-order valence-electron chi connectivity index (χ2n) is 4.65. The Kier molecular flexibility index (Phi) is 3.85. The minimum atomic E-state index is 1.13. The Labute approximate surface area is 104 Å². The van der Waals surface area contributed by atoms with E-state index in [9.17, 15) is 0 Å². The monoisotopic (exact) mass is 230 g/mol. The quantitative estimate of drug-likeness (QED) is 0.711. The molecule has 1 aliphatic heterocycles. The van der Waals surface area contributed by atoms with Crippen LogP contribution in [0.25, 0.3) is 12.2 Å². The van der Waals surface area contributed by atoms with Gasteiger partial charge in [0.1, 0.15) is 0 Å². The first-order valence-corrected chi connectivity index (χ1v) is 6.41. The Balaban J connectivity index is 2.40. The molecule has 2 heteroatoms. The number of benzene rings is 1. The molecule has 0 unspecified atom stereocenters. The lowest BCUT2D eigenvalue weighted by Gasteiger charge is -2.34. The Morgan fingerprint density at radius 1 is 1.00 bits per heavy atom. The molecule has 17 heavy (non-hydrogen) atoms. The van der Waals surface area contributed by atoms with Gasteiger partial charge in [-0.3, -0.25) is 0 Å². The molecule has 2 nitrogen and oxygen atoms in total. The first kappa shape index (κ1) is 12.2. The normalized spacial score (nSPS) is 20.1. The number of hydrogen-bond acceptors (Lipinski definition) is 2. The summed E-state index contributed by atoms with van der Waals surface area (Å²) in [5.74, 6) is 0. The van der Waals surface area contributed by atoms with Crippen molar-refractivity contribution in [1.82, 2.24) is 4.90 Å². The van der Waals surface area contributed by atoms with E-state index in [-0.39, 0.29) is 0 Å². The summed E-state index contributed by atoms with van der Waals surface area (Å²) in [7, 11) is 2.19. The SMILES string of the molecule is C/C=c1/cccc(N2CCN(C)CC2)/c1=C/C. The van der Waals surface area contributed by atoms with E-state index in [4.69, 9.17) is 0 Å². The molecule has 0 aliphatic carbocycles. The number of piperazine rings is 1. The summed E-state index contributed by atoms with van der Waals surface area (Å²) in [6.45, 7) is 8.81. The van der Waals surface area contributed by atoms with Crippen LogP contribution in [0.15, 0.2) is 18.2 Å². The average molecular weight is 230 g/mol. The molecule has 0 amide bonds. The zero-order valence-corrected chi connectivity index (χ0v) is 11.1. The molecule has 1 aromatic rings. The van der Waals surface area contributed by atoms with Gasteiger partial charge in [-0.2, -0.15) is 0 Å². The van der Waals surface area contributed by atoms with E-state index in [0.29, 0.717) is 0 Å². The lowest BCUT2D eigenvalue weighted by Crippen LogP contribution is -2.47. The van der Waals surface area contributed by atoms with Crippen LogP contribution >= 0.6 is 0 Å². The van der Waals surface area contributed by atoms with E-state index in [2.05, 4.69) is 61.0 Å². The highest BCUT2D eigenvalue weighted by atomic mass is 15.2. The Hall–Kier alpha value is -1.28. The van der Waals surface area contributed by atoms with Crippen LogP contribution in [0, 0.1) is 0 Å². The molecular weight excluding hydrogens is 208 g/mol. The van der Waals surface area contributed by atoms with Crippen molar-refractivity contribution in [3.05, 3.63) is 28.6 Å². The fourth-order valence-electron chi connectivity index (χ4n) is 2.46. The molecule has 0 saturated carbocycles. The van der Waals surface area contributed by atoms with E-state index in [0.717, 1.165) is 26.2 Å². The molecule has 92 valence electrons. The molecule has 0 N–H and O–H groups in total. The minimum absolute atomic E-state index is 1.13. The third kappa shape index (κ3) is 2.52. The molecule has 1 aromatic carbocycles. The van der Waals surface area contributed by atoms with Gasteiger partial charge in [0.15, 0.2) is 0 Å². The van der Waals surface area contributed by atoms with E-state index in [1.165, 1.54) is 16.1 Å². The van der Waals surface area contributed by atoms with Gasteiger partial charge in [0.2, 0.25) is 0 Å². The van der Waals surface area contributed by atoms with E-state index in [1.54, 1.807) is 0 Å². The van der Waals surface area contributed by atoms with Gasteiger partial charge < -0.3 is 9.80 Å². The van der Waals surface area contributed by atoms with Gasteiger partial charge >= 0.3 is 0 Å². The fourth-order valence-corrected chi connectivity index (χ4v) is 2.46. The minimum Gasteiger partial charge on any atom is -0.368 e. The van der Waals surface area contributed by atoms with Crippen LogP contribution in [-0.4, -0.2) is 38.1 Å². The molecule has 1 saturated heterocycles. The van der Waals surface area contributed by atoms with Gasteiger partial charge in [-0.15, -0.1) is 0 Å². The number of rotatable bonds is 1. The lowest BCUT2D eigenvalue weighted by atomic mass is 10.1. The number of hydrogen-bond donors (Lipinski definition) is 0. The largest absolute Gasteiger partial charge is 0.368 e. The first-order chi connectivity index (χ1) is 8.26. The van der Waals surface area contributed by atoms with Gasteiger partial charge in [0.25, 0.3) is 0 Å². The Morgan fingerprint density at radius 2 is 1.71 bits per heavy atom. The molecule has 1 aliphatic rings. The van der Waals surface area contributed by atoms with Gasteiger partial charge in [0.05, 0.1) is 0 Å². The predicted octanol–water partition coefficient (Wildman–Crippen LogP) is 1.04. The van der Waals surface area contributed by atoms with E-state index < -0.39 is 0 Å². The van der Waals surface area contributed by atoms with Crippen LogP contribution in [-0.2, 0) is 0 Å². The third-order valence-corrected chi connectivity index (χ3v) is 3.56. The van der Waals surface area contributed by atoms with Crippen LogP contribution < -0.4 is 15.3 Å². The van der Waals surface area contributed by atoms with Gasteiger partial charge in [0, 0.05) is 37.1 Å². The zero-order valence-electron chi connectivity index (χ0n) is 11.1. The fraction of sp³-hybridized carbons (Fsp3) is 0.467. The first-order valence-electron chi connectivity index (χ1n) is 6.41. The van der Waals surface area contributed by atoms with Crippen molar-refractivity contribution in [1.29, 1.82) is 0 Å². The van der Waals surface area contributed by atoms with Crippen molar-refractivity contribution < 1.29 is 0 Å².